The minimum Gasteiger partial charge on any atom is -0.301 e. The second-order valence-electron chi connectivity index (χ2n) is 5.49. The lowest BCUT2D eigenvalue weighted by Crippen LogP contribution is -2.22. The third-order valence-electron chi connectivity index (χ3n) is 3.80. The van der Waals surface area contributed by atoms with Gasteiger partial charge in [-0.3, -0.25) is 0 Å². The Kier molecular flexibility index (Phi) is 4.04. The van der Waals surface area contributed by atoms with Gasteiger partial charge in [-0.05, 0) is 37.1 Å². The highest BCUT2D eigenvalue weighted by Gasteiger charge is 2.15. The number of aromatic nitrogens is 1. The van der Waals surface area contributed by atoms with Crippen LogP contribution in [0.15, 0.2) is 48.7 Å². The monoisotopic (exact) mass is 296 g/mol. The van der Waals surface area contributed by atoms with Gasteiger partial charge in [-0.1, -0.05) is 42.5 Å². The lowest BCUT2D eigenvalue weighted by atomic mass is 9.99. The summed E-state index contributed by atoms with van der Waals surface area (Å²) >= 11 is 1.76. The van der Waals surface area contributed by atoms with Crippen molar-refractivity contribution in [3.05, 3.63) is 64.1 Å². The standard InChI is InChI=1S/C18H20N2S/c1-12-11-19-18(21-12)14(3)20-13(2)16-10-6-8-15-7-4-5-9-17(15)16/h4-11,13-14,20H,1-3H3. The van der Waals surface area contributed by atoms with Gasteiger partial charge in [0, 0.05) is 17.1 Å². The van der Waals surface area contributed by atoms with Gasteiger partial charge in [0.15, 0.2) is 0 Å². The van der Waals surface area contributed by atoms with Crippen LogP contribution in [-0.2, 0) is 0 Å². The molecular formula is C18H20N2S. The van der Waals surface area contributed by atoms with Crippen LogP contribution < -0.4 is 5.32 Å². The molecule has 0 bridgehead atoms. The second kappa shape index (κ2) is 5.96. The molecule has 3 rings (SSSR count). The quantitative estimate of drug-likeness (QED) is 0.731. The third-order valence-corrected chi connectivity index (χ3v) is 4.89. The minimum atomic E-state index is 0.262. The summed E-state index contributed by atoms with van der Waals surface area (Å²) in [5.74, 6) is 0. The van der Waals surface area contributed by atoms with Crippen molar-refractivity contribution in [3.8, 4) is 0 Å². The first-order chi connectivity index (χ1) is 10.1. The van der Waals surface area contributed by atoms with Crippen molar-refractivity contribution >= 4 is 22.1 Å². The Morgan fingerprint density at radius 2 is 1.76 bits per heavy atom. The van der Waals surface area contributed by atoms with Crippen LogP contribution in [0.25, 0.3) is 10.8 Å². The molecule has 0 radical (unpaired) electrons. The number of nitrogens with zero attached hydrogens (tertiary/aromatic N) is 1. The fourth-order valence-electron chi connectivity index (χ4n) is 2.74. The van der Waals surface area contributed by atoms with Crippen LogP contribution in [0.5, 0.6) is 0 Å². The fourth-order valence-corrected chi connectivity index (χ4v) is 3.52. The van der Waals surface area contributed by atoms with Crippen LogP contribution in [0.1, 0.15) is 41.4 Å². The molecular weight excluding hydrogens is 276 g/mol. The van der Waals surface area contributed by atoms with E-state index in [-0.39, 0.29) is 12.1 Å². The average Bonchev–Trinajstić information content (AvgIpc) is 2.93. The van der Waals surface area contributed by atoms with E-state index in [9.17, 15) is 0 Å². The maximum atomic E-state index is 4.48. The summed E-state index contributed by atoms with van der Waals surface area (Å²) in [4.78, 5) is 5.74. The molecule has 1 aromatic heterocycles. The number of benzene rings is 2. The molecule has 0 aliphatic carbocycles. The molecule has 3 aromatic rings. The molecule has 0 saturated carbocycles. The van der Waals surface area contributed by atoms with Gasteiger partial charge in [-0.25, -0.2) is 4.98 Å². The predicted molar refractivity (Wildman–Crippen MR) is 90.8 cm³/mol. The molecule has 3 heteroatoms. The molecule has 0 saturated heterocycles. The third kappa shape index (κ3) is 2.99. The van der Waals surface area contributed by atoms with E-state index in [4.69, 9.17) is 0 Å². The van der Waals surface area contributed by atoms with Crippen molar-refractivity contribution in [2.75, 3.05) is 0 Å². The molecule has 108 valence electrons. The van der Waals surface area contributed by atoms with Gasteiger partial charge in [0.1, 0.15) is 5.01 Å². The Hall–Kier alpha value is -1.71. The summed E-state index contributed by atoms with van der Waals surface area (Å²) in [6, 6.07) is 15.6. The van der Waals surface area contributed by atoms with E-state index >= 15 is 0 Å². The topological polar surface area (TPSA) is 24.9 Å². The van der Waals surface area contributed by atoms with E-state index in [1.165, 1.54) is 21.2 Å². The predicted octanol–water partition coefficient (Wildman–Crippen LogP) is 5.02. The number of thiazole rings is 1. The first-order valence-corrected chi connectivity index (χ1v) is 8.13. The van der Waals surface area contributed by atoms with Crippen molar-refractivity contribution in [2.24, 2.45) is 0 Å². The van der Waals surface area contributed by atoms with Gasteiger partial charge in [-0.15, -0.1) is 11.3 Å². The zero-order valence-electron chi connectivity index (χ0n) is 12.6. The Bertz CT molecular complexity index is 742. The molecule has 2 unspecified atom stereocenters. The number of rotatable bonds is 4. The minimum absolute atomic E-state index is 0.262. The first kappa shape index (κ1) is 14.2. The molecule has 21 heavy (non-hydrogen) atoms. The van der Waals surface area contributed by atoms with Crippen molar-refractivity contribution < 1.29 is 0 Å². The summed E-state index contributed by atoms with van der Waals surface area (Å²) < 4.78 is 0. The largest absolute Gasteiger partial charge is 0.301 e. The lowest BCUT2D eigenvalue weighted by molar-refractivity contribution is 0.495. The SMILES string of the molecule is Cc1cnc(C(C)NC(C)c2cccc3ccccc23)s1. The molecule has 0 amide bonds. The Morgan fingerprint density at radius 1 is 1.00 bits per heavy atom. The zero-order valence-corrected chi connectivity index (χ0v) is 13.4. The van der Waals surface area contributed by atoms with Crippen LogP contribution in [0.2, 0.25) is 0 Å². The summed E-state index contributed by atoms with van der Waals surface area (Å²) in [7, 11) is 0. The maximum absolute atomic E-state index is 4.48. The van der Waals surface area contributed by atoms with Crippen LogP contribution >= 0.6 is 11.3 Å². The molecule has 2 nitrogen and oxygen atoms in total. The van der Waals surface area contributed by atoms with Crippen LogP contribution in [0, 0.1) is 6.92 Å². The van der Waals surface area contributed by atoms with Gasteiger partial charge in [-0.2, -0.15) is 0 Å². The summed E-state index contributed by atoms with van der Waals surface area (Å²) in [6.45, 7) is 6.50. The Labute approximate surface area is 129 Å². The number of aryl methyl sites for hydroxylation is 1. The number of hydrogen-bond donors (Lipinski definition) is 1. The summed E-state index contributed by atoms with van der Waals surface area (Å²) in [5, 5.41) is 7.43. The van der Waals surface area contributed by atoms with Gasteiger partial charge in [0.25, 0.3) is 0 Å². The van der Waals surface area contributed by atoms with Crippen molar-refractivity contribution in [3.63, 3.8) is 0 Å². The van der Waals surface area contributed by atoms with Crippen molar-refractivity contribution in [1.82, 2.24) is 10.3 Å². The molecule has 0 fully saturated rings. The van der Waals surface area contributed by atoms with E-state index in [0.29, 0.717) is 0 Å². The van der Waals surface area contributed by atoms with Crippen LogP contribution in [-0.4, -0.2) is 4.98 Å². The molecule has 0 spiro atoms. The molecule has 0 aliphatic rings. The van der Waals surface area contributed by atoms with Crippen LogP contribution in [0.3, 0.4) is 0 Å². The Morgan fingerprint density at radius 3 is 2.52 bits per heavy atom. The normalized spacial score (nSPS) is 14.2. The molecule has 2 aromatic carbocycles. The van der Waals surface area contributed by atoms with E-state index in [1.54, 1.807) is 11.3 Å². The highest BCUT2D eigenvalue weighted by molar-refractivity contribution is 7.11. The lowest BCUT2D eigenvalue weighted by Gasteiger charge is -2.20. The average molecular weight is 296 g/mol. The van der Waals surface area contributed by atoms with Gasteiger partial charge < -0.3 is 5.32 Å². The van der Waals surface area contributed by atoms with Gasteiger partial charge in [0.05, 0.1) is 6.04 Å². The summed E-state index contributed by atoms with van der Waals surface area (Å²) in [6.07, 6.45) is 1.95. The van der Waals surface area contributed by atoms with Gasteiger partial charge >= 0.3 is 0 Å². The van der Waals surface area contributed by atoms with Crippen LogP contribution in [0.4, 0.5) is 0 Å². The molecule has 0 aliphatic heterocycles. The van der Waals surface area contributed by atoms with Crippen molar-refractivity contribution in [2.45, 2.75) is 32.9 Å². The summed E-state index contributed by atoms with van der Waals surface area (Å²) in [5.41, 5.74) is 1.34. The maximum Gasteiger partial charge on any atom is 0.109 e. The Balaban J connectivity index is 1.85. The van der Waals surface area contributed by atoms with Gasteiger partial charge in [0.2, 0.25) is 0 Å². The number of nitrogens with one attached hydrogen (secondary N) is 1. The smallest absolute Gasteiger partial charge is 0.109 e. The van der Waals surface area contributed by atoms with E-state index < -0.39 is 0 Å². The second-order valence-corrected chi connectivity index (χ2v) is 6.75. The van der Waals surface area contributed by atoms with E-state index in [2.05, 4.69) is 73.5 Å². The molecule has 1 heterocycles. The zero-order chi connectivity index (χ0) is 14.8. The fraction of sp³-hybridized carbons (Fsp3) is 0.278. The first-order valence-electron chi connectivity index (χ1n) is 7.31. The molecule has 2 atom stereocenters. The number of hydrogen-bond acceptors (Lipinski definition) is 3. The molecule has 1 N–H and O–H groups in total. The highest BCUT2D eigenvalue weighted by atomic mass is 32.1. The van der Waals surface area contributed by atoms with E-state index in [0.717, 1.165) is 5.01 Å². The number of fused-ring (bicyclic) bond motifs is 1. The highest BCUT2D eigenvalue weighted by Crippen LogP contribution is 2.27. The van der Waals surface area contributed by atoms with Crippen molar-refractivity contribution in [1.29, 1.82) is 0 Å². The van der Waals surface area contributed by atoms with E-state index in [1.807, 2.05) is 6.20 Å².